The summed E-state index contributed by atoms with van der Waals surface area (Å²) in [7, 11) is 0. The molecule has 1 fully saturated rings. The van der Waals surface area contributed by atoms with Crippen molar-refractivity contribution in [1.29, 1.82) is 0 Å². The lowest BCUT2D eigenvalue weighted by Gasteiger charge is -2.33. The van der Waals surface area contributed by atoms with E-state index < -0.39 is 0 Å². The molecule has 0 bridgehead atoms. The van der Waals surface area contributed by atoms with E-state index in [1.54, 1.807) is 0 Å². The van der Waals surface area contributed by atoms with Crippen LogP contribution in [0.1, 0.15) is 36.6 Å². The molecule has 21 heavy (non-hydrogen) atoms. The fraction of sp³-hybridized carbons (Fsp3) is 0.389. The number of rotatable bonds is 1. The Morgan fingerprint density at radius 2 is 2.05 bits per heavy atom. The quantitative estimate of drug-likeness (QED) is 0.871. The first-order chi connectivity index (χ1) is 10.1. The second-order valence-electron chi connectivity index (χ2n) is 6.71. The third-order valence-electron chi connectivity index (χ3n) is 5.31. The van der Waals surface area contributed by atoms with E-state index in [1.165, 1.54) is 22.4 Å². The monoisotopic (exact) mass is 279 g/mol. The Labute approximate surface area is 125 Å². The van der Waals surface area contributed by atoms with E-state index in [2.05, 4.69) is 54.0 Å². The van der Waals surface area contributed by atoms with Gasteiger partial charge in [-0.1, -0.05) is 30.2 Å². The van der Waals surface area contributed by atoms with E-state index >= 15 is 0 Å². The zero-order chi connectivity index (χ0) is 14.6. The van der Waals surface area contributed by atoms with Gasteiger partial charge in [0.2, 0.25) is 0 Å². The van der Waals surface area contributed by atoms with Crippen LogP contribution in [0.5, 0.6) is 0 Å². The second-order valence-corrected chi connectivity index (χ2v) is 6.71. The first-order valence-electron chi connectivity index (χ1n) is 7.68. The SMILES string of the molecule is Cc1ccc(-n2ncc3c2C=C2CC[C@H](N)[C@@]2(C)C3)cc1. The minimum absolute atomic E-state index is 0.133. The highest BCUT2D eigenvalue weighted by Crippen LogP contribution is 2.48. The van der Waals surface area contributed by atoms with E-state index in [-0.39, 0.29) is 11.5 Å². The van der Waals surface area contributed by atoms with Crippen LogP contribution in [0.4, 0.5) is 0 Å². The number of hydrogen-bond donors (Lipinski definition) is 1. The first kappa shape index (κ1) is 12.8. The molecular formula is C18H21N3. The van der Waals surface area contributed by atoms with Crippen molar-refractivity contribution in [2.45, 2.75) is 39.2 Å². The van der Waals surface area contributed by atoms with Crippen LogP contribution < -0.4 is 5.73 Å². The molecule has 0 unspecified atom stereocenters. The van der Waals surface area contributed by atoms with E-state index in [0.29, 0.717) is 0 Å². The van der Waals surface area contributed by atoms with Gasteiger partial charge < -0.3 is 5.73 Å². The van der Waals surface area contributed by atoms with Crippen molar-refractivity contribution < 1.29 is 0 Å². The predicted octanol–water partition coefficient (Wildman–Crippen LogP) is 3.25. The normalized spacial score (nSPS) is 27.2. The van der Waals surface area contributed by atoms with Gasteiger partial charge in [-0.25, -0.2) is 4.68 Å². The fourth-order valence-corrected chi connectivity index (χ4v) is 3.77. The van der Waals surface area contributed by atoms with Crippen LogP contribution in [0, 0.1) is 12.3 Å². The number of aryl methyl sites for hydroxylation is 1. The van der Waals surface area contributed by atoms with Crippen molar-refractivity contribution in [2.75, 3.05) is 0 Å². The zero-order valence-electron chi connectivity index (χ0n) is 12.6. The van der Waals surface area contributed by atoms with E-state index in [0.717, 1.165) is 24.9 Å². The maximum atomic E-state index is 6.35. The molecule has 2 aromatic rings. The van der Waals surface area contributed by atoms with Gasteiger partial charge >= 0.3 is 0 Å². The van der Waals surface area contributed by atoms with E-state index in [9.17, 15) is 0 Å². The predicted molar refractivity (Wildman–Crippen MR) is 85.3 cm³/mol. The molecule has 2 aliphatic rings. The molecule has 4 rings (SSSR count). The van der Waals surface area contributed by atoms with Gasteiger partial charge in [0.15, 0.2) is 0 Å². The van der Waals surface area contributed by atoms with E-state index in [4.69, 9.17) is 5.73 Å². The van der Waals surface area contributed by atoms with Crippen LogP contribution in [0.3, 0.4) is 0 Å². The summed E-state index contributed by atoms with van der Waals surface area (Å²) in [6.45, 7) is 4.42. The third-order valence-corrected chi connectivity index (χ3v) is 5.31. The van der Waals surface area contributed by atoms with Crippen LogP contribution in [0.15, 0.2) is 36.0 Å². The molecule has 1 heterocycles. The van der Waals surface area contributed by atoms with Gasteiger partial charge in [-0.15, -0.1) is 0 Å². The molecule has 2 N–H and O–H groups in total. The standard InChI is InChI=1S/C18H21N3/c1-12-3-6-15(7-4-12)21-16-9-14-5-8-17(19)18(14,2)10-13(16)11-20-21/h3-4,6-7,9,11,17H,5,8,10,19H2,1-2H3/t17-,18-/m0/s1. The molecule has 0 radical (unpaired) electrons. The van der Waals surface area contributed by atoms with Crippen molar-refractivity contribution >= 4 is 6.08 Å². The zero-order valence-corrected chi connectivity index (χ0v) is 12.6. The summed E-state index contributed by atoms with van der Waals surface area (Å²) in [6.07, 6.45) is 7.58. The summed E-state index contributed by atoms with van der Waals surface area (Å²) in [5, 5.41) is 4.61. The average Bonchev–Trinajstić information content (AvgIpc) is 2.99. The molecule has 3 heteroatoms. The van der Waals surface area contributed by atoms with Crippen LogP contribution in [-0.2, 0) is 6.42 Å². The summed E-state index contributed by atoms with van der Waals surface area (Å²) in [5.41, 5.74) is 12.9. The number of nitrogens with zero attached hydrogens (tertiary/aromatic N) is 2. The van der Waals surface area contributed by atoms with Gasteiger partial charge in [-0.05, 0) is 50.0 Å². The Hall–Kier alpha value is -1.87. The highest BCUT2D eigenvalue weighted by Gasteiger charge is 2.43. The molecule has 1 saturated carbocycles. The topological polar surface area (TPSA) is 43.8 Å². The summed E-state index contributed by atoms with van der Waals surface area (Å²) in [5.74, 6) is 0. The van der Waals surface area contributed by atoms with Crippen LogP contribution in [0.25, 0.3) is 11.8 Å². The molecule has 108 valence electrons. The number of aromatic nitrogens is 2. The molecule has 0 aliphatic heterocycles. The molecule has 1 aromatic heterocycles. The summed E-state index contributed by atoms with van der Waals surface area (Å²) >= 11 is 0. The Morgan fingerprint density at radius 1 is 1.29 bits per heavy atom. The Bertz CT molecular complexity index is 723. The van der Waals surface area contributed by atoms with Crippen LogP contribution >= 0.6 is 0 Å². The summed E-state index contributed by atoms with van der Waals surface area (Å²) in [4.78, 5) is 0. The number of hydrogen-bond acceptors (Lipinski definition) is 2. The van der Waals surface area contributed by atoms with Gasteiger partial charge in [-0.3, -0.25) is 0 Å². The van der Waals surface area contributed by atoms with Crippen LogP contribution in [-0.4, -0.2) is 15.8 Å². The lowest BCUT2D eigenvalue weighted by atomic mass is 9.73. The van der Waals surface area contributed by atoms with Gasteiger partial charge in [0.1, 0.15) is 0 Å². The molecule has 2 atom stereocenters. The smallest absolute Gasteiger partial charge is 0.0700 e. The molecule has 1 aromatic carbocycles. The molecule has 0 spiro atoms. The number of fused-ring (bicyclic) bond motifs is 2. The van der Waals surface area contributed by atoms with Crippen molar-refractivity contribution in [3.63, 3.8) is 0 Å². The second kappa shape index (κ2) is 4.31. The van der Waals surface area contributed by atoms with Gasteiger partial charge in [-0.2, -0.15) is 5.10 Å². The van der Waals surface area contributed by atoms with Gasteiger partial charge in [0.05, 0.1) is 17.6 Å². The lowest BCUT2D eigenvalue weighted by molar-refractivity contribution is 0.349. The average molecular weight is 279 g/mol. The minimum Gasteiger partial charge on any atom is -0.327 e. The van der Waals surface area contributed by atoms with Crippen molar-refractivity contribution in [1.82, 2.24) is 9.78 Å². The first-order valence-corrected chi connectivity index (χ1v) is 7.68. The molecule has 0 saturated heterocycles. The Balaban J connectivity index is 1.82. The van der Waals surface area contributed by atoms with Gasteiger partial charge in [0.25, 0.3) is 0 Å². The maximum Gasteiger partial charge on any atom is 0.0700 e. The van der Waals surface area contributed by atoms with Crippen molar-refractivity contribution in [2.24, 2.45) is 11.1 Å². The summed E-state index contributed by atoms with van der Waals surface area (Å²) < 4.78 is 2.06. The highest BCUT2D eigenvalue weighted by molar-refractivity contribution is 5.62. The van der Waals surface area contributed by atoms with E-state index in [1.807, 2.05) is 6.20 Å². The lowest BCUT2D eigenvalue weighted by Crippen LogP contribution is -2.38. The molecular weight excluding hydrogens is 258 g/mol. The minimum atomic E-state index is 0.133. The molecule has 2 aliphatic carbocycles. The van der Waals surface area contributed by atoms with Crippen molar-refractivity contribution in [3.05, 3.63) is 52.9 Å². The third kappa shape index (κ3) is 1.80. The number of benzene rings is 1. The maximum absolute atomic E-state index is 6.35. The van der Waals surface area contributed by atoms with Crippen LogP contribution in [0.2, 0.25) is 0 Å². The Morgan fingerprint density at radius 3 is 2.81 bits per heavy atom. The molecule has 3 nitrogen and oxygen atoms in total. The molecule has 0 amide bonds. The largest absolute Gasteiger partial charge is 0.327 e. The summed E-state index contributed by atoms with van der Waals surface area (Å²) in [6, 6.07) is 8.81. The number of nitrogens with two attached hydrogens (primary N) is 1. The Kier molecular flexibility index (Phi) is 2.64. The fourth-order valence-electron chi connectivity index (χ4n) is 3.77. The van der Waals surface area contributed by atoms with Gasteiger partial charge in [0, 0.05) is 11.5 Å². The van der Waals surface area contributed by atoms with Crippen molar-refractivity contribution in [3.8, 4) is 5.69 Å². The highest BCUT2D eigenvalue weighted by atomic mass is 15.3.